The van der Waals surface area contributed by atoms with E-state index in [-0.39, 0.29) is 46.9 Å². The maximum atomic E-state index is 14.3. The Morgan fingerprint density at radius 3 is 2.57 bits per heavy atom. The fraction of sp³-hybridized carbons (Fsp3) is 0.179. The number of aromatic nitrogens is 5. The van der Waals surface area contributed by atoms with E-state index < -0.39 is 29.4 Å². The molecule has 5 rings (SSSR count). The minimum atomic E-state index is -0.749. The summed E-state index contributed by atoms with van der Waals surface area (Å²) in [6, 6.07) is 7.79. The molecule has 0 unspecified atom stereocenters. The van der Waals surface area contributed by atoms with E-state index in [4.69, 9.17) is 11.6 Å². The number of imidazole rings is 1. The molecule has 14 heteroatoms. The van der Waals surface area contributed by atoms with Crippen LogP contribution in [0.4, 0.5) is 14.6 Å². The van der Waals surface area contributed by atoms with Crippen LogP contribution in [0.25, 0.3) is 10.1 Å². The van der Waals surface area contributed by atoms with Crippen LogP contribution in [0.2, 0.25) is 5.02 Å². The topological polar surface area (TPSA) is 132 Å². The number of amides is 2. The monoisotopic (exact) mass is 609 g/mol. The summed E-state index contributed by atoms with van der Waals surface area (Å²) < 4.78 is 34.4. The van der Waals surface area contributed by atoms with Gasteiger partial charge in [0, 0.05) is 28.7 Å². The van der Waals surface area contributed by atoms with E-state index in [9.17, 15) is 23.2 Å². The van der Waals surface area contributed by atoms with Crippen LogP contribution in [0, 0.1) is 11.6 Å². The van der Waals surface area contributed by atoms with Crippen LogP contribution in [0.5, 0.6) is 0 Å². The molecule has 0 radical (unpaired) electrons. The van der Waals surface area contributed by atoms with E-state index in [1.165, 1.54) is 66.5 Å². The molecule has 214 valence electrons. The zero-order valence-electron chi connectivity index (χ0n) is 22.2. The molecule has 10 nitrogen and oxygen atoms in total. The van der Waals surface area contributed by atoms with Gasteiger partial charge in [-0.15, -0.1) is 0 Å². The zero-order valence-corrected chi connectivity index (χ0v) is 23.8. The molecule has 0 saturated heterocycles. The molecule has 3 heterocycles. The second-order valence-corrected chi connectivity index (χ2v) is 10.6. The number of anilines is 1. The van der Waals surface area contributed by atoms with E-state index in [0.29, 0.717) is 21.3 Å². The van der Waals surface area contributed by atoms with Crippen LogP contribution in [0.15, 0.2) is 55.0 Å². The standard InChI is InChI=1S/C28H22ClF2N7O3S/c1-14(39)13-38-24(15(2)19-9-16(30)3-5-21(19)29)25(35-26(38)28(41)34-12-18-11-32-7-8-33-18)36-27(40)23-20-10-17(31)4-6-22(20)42-37-23/h3-11,15H,12-13H2,1-2H3,(H,34,41)(H,36,40)/t15-/m0/s1. The SMILES string of the molecule is CC(=O)Cn1c(C(=O)NCc2cnccn2)nc(NC(=O)c2nsc3ccc(F)cc23)c1[C@@H](C)c1cc(F)ccc1Cl. The summed E-state index contributed by atoms with van der Waals surface area (Å²) in [5.41, 5.74) is 0.990. The molecule has 1 atom stereocenters. The van der Waals surface area contributed by atoms with Gasteiger partial charge < -0.3 is 15.2 Å². The summed E-state index contributed by atoms with van der Waals surface area (Å²) in [6.07, 6.45) is 4.45. The summed E-state index contributed by atoms with van der Waals surface area (Å²) in [5.74, 6) is -3.80. The van der Waals surface area contributed by atoms with E-state index in [2.05, 4.69) is 30.0 Å². The van der Waals surface area contributed by atoms with Crippen LogP contribution in [-0.4, -0.2) is 41.5 Å². The Morgan fingerprint density at radius 2 is 1.83 bits per heavy atom. The number of carbonyl (C=O) groups excluding carboxylic acids is 3. The Morgan fingerprint density at radius 1 is 1.07 bits per heavy atom. The lowest BCUT2D eigenvalue weighted by molar-refractivity contribution is -0.117. The van der Waals surface area contributed by atoms with Gasteiger partial charge in [0.15, 0.2) is 5.82 Å². The van der Waals surface area contributed by atoms with Crippen molar-refractivity contribution in [2.24, 2.45) is 0 Å². The number of nitrogens with zero attached hydrogens (tertiary/aromatic N) is 5. The quantitative estimate of drug-likeness (QED) is 0.237. The predicted molar refractivity (Wildman–Crippen MR) is 153 cm³/mol. The van der Waals surface area contributed by atoms with Crippen molar-refractivity contribution in [2.75, 3.05) is 5.32 Å². The number of fused-ring (bicyclic) bond motifs is 1. The number of benzene rings is 2. The first-order valence-corrected chi connectivity index (χ1v) is 13.7. The molecule has 0 aliphatic heterocycles. The number of halogens is 3. The maximum absolute atomic E-state index is 14.3. The third kappa shape index (κ3) is 6.02. The van der Waals surface area contributed by atoms with Crippen molar-refractivity contribution >= 4 is 56.6 Å². The minimum Gasteiger partial charge on any atom is -0.344 e. The third-order valence-corrected chi connectivity index (χ3v) is 7.52. The zero-order chi connectivity index (χ0) is 30.0. The Hall–Kier alpha value is -4.62. The molecule has 5 aromatic rings. The average Bonchev–Trinajstić information content (AvgIpc) is 3.54. The number of Topliss-reactive ketones (excluding diaryl/α,β-unsaturated/α-hetero) is 1. The van der Waals surface area contributed by atoms with Gasteiger partial charge in [0.05, 0.1) is 35.4 Å². The fourth-order valence-corrected chi connectivity index (χ4v) is 5.49. The van der Waals surface area contributed by atoms with E-state index in [1.54, 1.807) is 6.92 Å². The number of rotatable bonds is 9. The number of hydrogen-bond acceptors (Lipinski definition) is 8. The molecule has 0 aliphatic rings. The predicted octanol–water partition coefficient (Wildman–Crippen LogP) is 5.14. The van der Waals surface area contributed by atoms with E-state index in [0.717, 1.165) is 11.5 Å². The van der Waals surface area contributed by atoms with Crippen LogP contribution in [-0.2, 0) is 17.9 Å². The lowest BCUT2D eigenvalue weighted by Gasteiger charge is -2.19. The number of carbonyl (C=O) groups is 3. The number of ketones is 1. The Kier molecular flexibility index (Phi) is 8.31. The lowest BCUT2D eigenvalue weighted by Crippen LogP contribution is -2.28. The smallest absolute Gasteiger partial charge is 0.287 e. The van der Waals surface area contributed by atoms with Crippen LogP contribution in [0.1, 0.15) is 57.8 Å². The van der Waals surface area contributed by atoms with Gasteiger partial charge in [-0.2, -0.15) is 4.37 Å². The van der Waals surface area contributed by atoms with Gasteiger partial charge in [0.25, 0.3) is 11.8 Å². The Labute approximate surface area is 247 Å². The first-order chi connectivity index (χ1) is 20.1. The van der Waals surface area contributed by atoms with Crippen molar-refractivity contribution in [1.29, 1.82) is 0 Å². The van der Waals surface area contributed by atoms with Crippen molar-refractivity contribution in [3.8, 4) is 0 Å². The summed E-state index contributed by atoms with van der Waals surface area (Å²) in [5, 5.41) is 5.89. The molecule has 0 spiro atoms. The molecule has 2 N–H and O–H groups in total. The van der Waals surface area contributed by atoms with Crippen LogP contribution < -0.4 is 10.6 Å². The highest BCUT2D eigenvalue weighted by molar-refractivity contribution is 7.13. The molecule has 42 heavy (non-hydrogen) atoms. The molecule has 0 aliphatic carbocycles. The molecular formula is C28H22ClF2N7O3S. The molecule has 3 aromatic heterocycles. The van der Waals surface area contributed by atoms with Crippen molar-refractivity contribution in [3.05, 3.63) is 100 Å². The van der Waals surface area contributed by atoms with Crippen molar-refractivity contribution in [3.63, 3.8) is 0 Å². The van der Waals surface area contributed by atoms with Crippen molar-refractivity contribution in [2.45, 2.75) is 32.9 Å². The van der Waals surface area contributed by atoms with Gasteiger partial charge in [-0.25, -0.2) is 13.8 Å². The summed E-state index contributed by atoms with van der Waals surface area (Å²) >= 11 is 7.44. The number of hydrogen-bond donors (Lipinski definition) is 2. The van der Waals surface area contributed by atoms with E-state index >= 15 is 0 Å². The van der Waals surface area contributed by atoms with Gasteiger partial charge in [0.2, 0.25) is 5.82 Å². The first kappa shape index (κ1) is 28.9. The largest absolute Gasteiger partial charge is 0.344 e. The average molecular weight is 610 g/mol. The second-order valence-electron chi connectivity index (χ2n) is 9.35. The highest BCUT2D eigenvalue weighted by atomic mass is 35.5. The maximum Gasteiger partial charge on any atom is 0.287 e. The lowest BCUT2D eigenvalue weighted by atomic mass is 9.96. The van der Waals surface area contributed by atoms with Gasteiger partial charge in [-0.05, 0) is 60.4 Å². The van der Waals surface area contributed by atoms with Gasteiger partial charge in [-0.1, -0.05) is 18.5 Å². The van der Waals surface area contributed by atoms with Gasteiger partial charge in [-0.3, -0.25) is 24.4 Å². The molecule has 0 bridgehead atoms. The summed E-state index contributed by atoms with van der Waals surface area (Å²) in [7, 11) is 0. The highest BCUT2D eigenvalue weighted by Crippen LogP contribution is 2.36. The Bertz CT molecular complexity index is 1830. The van der Waals surface area contributed by atoms with Crippen LogP contribution in [0.3, 0.4) is 0 Å². The molecule has 2 amide bonds. The molecule has 0 saturated carbocycles. The third-order valence-electron chi connectivity index (χ3n) is 6.35. The summed E-state index contributed by atoms with van der Waals surface area (Å²) in [4.78, 5) is 51.7. The molecule has 0 fully saturated rings. The molecular weight excluding hydrogens is 588 g/mol. The fourth-order valence-electron chi connectivity index (χ4n) is 4.46. The molecule has 2 aromatic carbocycles. The van der Waals surface area contributed by atoms with Crippen LogP contribution >= 0.6 is 23.1 Å². The number of nitrogens with one attached hydrogen (secondary N) is 2. The first-order valence-electron chi connectivity index (χ1n) is 12.6. The van der Waals surface area contributed by atoms with Crippen molar-refractivity contribution in [1.82, 2.24) is 29.2 Å². The second kappa shape index (κ2) is 12.1. The van der Waals surface area contributed by atoms with Crippen molar-refractivity contribution < 1.29 is 23.2 Å². The normalized spacial score (nSPS) is 11.8. The highest BCUT2D eigenvalue weighted by Gasteiger charge is 2.30. The van der Waals surface area contributed by atoms with Gasteiger partial charge in [0.1, 0.15) is 23.1 Å². The minimum absolute atomic E-state index is 0.0122. The summed E-state index contributed by atoms with van der Waals surface area (Å²) in [6.45, 7) is 2.74. The van der Waals surface area contributed by atoms with E-state index in [1.807, 2.05) is 0 Å². The Balaban J connectivity index is 1.61. The van der Waals surface area contributed by atoms with Gasteiger partial charge >= 0.3 is 0 Å².